The predicted molar refractivity (Wildman–Crippen MR) is 360 cm³/mol. The summed E-state index contributed by atoms with van der Waals surface area (Å²) < 4.78 is 30.8. The highest BCUT2D eigenvalue weighted by atomic mass is 31.2. The summed E-state index contributed by atoms with van der Waals surface area (Å²) in [7, 11) is 1.48. The van der Waals surface area contributed by atoms with Gasteiger partial charge in [0.05, 0.1) is 33.8 Å². The number of carbonyl (C=O) groups is 2. The van der Waals surface area contributed by atoms with Crippen molar-refractivity contribution in [3.63, 3.8) is 0 Å². The van der Waals surface area contributed by atoms with Crippen molar-refractivity contribution in [1.29, 1.82) is 0 Å². The quantitative estimate of drug-likeness (QED) is 0.0205. The van der Waals surface area contributed by atoms with Crippen molar-refractivity contribution in [1.82, 2.24) is 5.32 Å². The minimum absolute atomic E-state index is 0.0324. The summed E-state index contributed by atoms with van der Waals surface area (Å²) in [5.41, 5.74) is 0. The lowest BCUT2D eigenvalue weighted by molar-refractivity contribution is -0.870. The fourth-order valence-corrected chi connectivity index (χ4v) is 11.2. The van der Waals surface area contributed by atoms with Crippen LogP contribution in [0.1, 0.15) is 342 Å². The minimum Gasteiger partial charge on any atom is -0.456 e. The van der Waals surface area contributed by atoms with Crippen molar-refractivity contribution in [2.45, 2.75) is 354 Å². The van der Waals surface area contributed by atoms with Crippen LogP contribution in [0.4, 0.5) is 0 Å². The number of likely N-dealkylation sites (N-methyl/N-ethyl adjacent to an activating group) is 1. The topological polar surface area (TPSA) is 111 Å². The molecular weight excluding hydrogens is 1050 g/mol. The Hall–Kier alpha value is -2.29. The predicted octanol–water partition coefficient (Wildman–Crippen LogP) is 22.6. The summed E-state index contributed by atoms with van der Waals surface area (Å²) >= 11 is 0. The lowest BCUT2D eigenvalue weighted by atomic mass is 10.0. The Morgan fingerprint density at radius 2 is 0.747 bits per heavy atom. The van der Waals surface area contributed by atoms with Gasteiger partial charge in [0.2, 0.25) is 5.91 Å². The molecule has 0 radical (unpaired) electrons. The Balaban J connectivity index is 5.07. The lowest BCUT2D eigenvalue weighted by Gasteiger charge is -2.27. The van der Waals surface area contributed by atoms with Gasteiger partial charge in [-0.05, 0) is 70.3 Å². The van der Waals surface area contributed by atoms with Crippen LogP contribution in [0.25, 0.3) is 0 Å². The number of quaternary nitrogens is 1. The number of phosphoric ester groups is 1. The fourth-order valence-electron chi connectivity index (χ4n) is 10.5. The van der Waals surface area contributed by atoms with Crippen LogP contribution in [-0.2, 0) is 27.9 Å². The number of esters is 1. The third kappa shape index (κ3) is 64.0. The third-order valence-electron chi connectivity index (χ3n) is 16.0. The first kappa shape index (κ1) is 80.7. The first-order valence-corrected chi connectivity index (χ1v) is 37.1. The molecule has 0 aromatic rings. The maximum absolute atomic E-state index is 13.6. The van der Waals surface area contributed by atoms with E-state index < -0.39 is 20.0 Å². The van der Waals surface area contributed by atoms with Crippen molar-refractivity contribution in [2.24, 2.45) is 0 Å². The number of ether oxygens (including phenoxy) is 1. The summed E-state index contributed by atoms with van der Waals surface area (Å²) in [5.74, 6) is -0.557. The number of hydrogen-bond donors (Lipinski definition) is 2. The van der Waals surface area contributed by atoms with Crippen LogP contribution < -0.4 is 5.32 Å². The van der Waals surface area contributed by atoms with Gasteiger partial charge in [0.15, 0.2) is 0 Å². The Morgan fingerprint density at radius 1 is 0.422 bits per heavy atom. The van der Waals surface area contributed by atoms with Gasteiger partial charge in [0.25, 0.3) is 0 Å². The molecule has 2 N–H and O–H groups in total. The fraction of sp³-hybridized carbons (Fsp3) is 0.836. The minimum atomic E-state index is -4.47. The molecular formula is C73H138N2O7P+. The standard InChI is InChI=1S/C73H137N2O7P/c1-7-10-13-16-19-22-25-28-30-32-33-34-35-36-37-38-39-40-41-43-44-47-50-53-56-59-62-65-72(76)74-70(69-81-83(78,79)80-68-67-75(4,5)6)71(64-61-58-55-52-49-46-27-24-21-18-15-12-9-3)82-73(77)66-63-60-57-54-51-48-45-42-31-29-26-23-20-17-14-11-8-2/h20,23,29,31,45,48,54,57,61,64,70-71H,7-19,21-22,24-28,30,32-44,46-47,49-53,55-56,58-60,62-63,65-69H2,1-6H3,(H-,74,76,78,79)/p+1/b23-20-,31-29-,48-45-,57-54-,64-61-. The second-order valence-electron chi connectivity index (χ2n) is 25.4. The van der Waals surface area contributed by atoms with Crippen LogP contribution in [0, 0.1) is 0 Å². The highest BCUT2D eigenvalue weighted by Gasteiger charge is 2.30. The van der Waals surface area contributed by atoms with Crippen LogP contribution in [0.15, 0.2) is 60.8 Å². The Kier molecular flexibility index (Phi) is 61.0. The second kappa shape index (κ2) is 62.8. The van der Waals surface area contributed by atoms with E-state index in [0.29, 0.717) is 23.9 Å². The van der Waals surface area contributed by atoms with E-state index in [0.717, 1.165) is 64.2 Å². The number of unbranched alkanes of at least 4 members (excludes halogenated alkanes) is 41. The molecule has 0 aromatic carbocycles. The van der Waals surface area contributed by atoms with Gasteiger partial charge >= 0.3 is 13.8 Å². The number of nitrogens with zero attached hydrogens (tertiary/aromatic N) is 1. The molecule has 0 aliphatic heterocycles. The van der Waals surface area contributed by atoms with E-state index in [1.807, 2.05) is 33.3 Å². The number of rotatable bonds is 65. The first-order chi connectivity index (χ1) is 40.4. The zero-order valence-corrected chi connectivity index (χ0v) is 56.6. The summed E-state index contributed by atoms with van der Waals surface area (Å²) in [6, 6.07) is -0.870. The molecule has 486 valence electrons. The molecule has 3 atom stereocenters. The summed E-state index contributed by atoms with van der Waals surface area (Å²) in [4.78, 5) is 37.8. The van der Waals surface area contributed by atoms with Gasteiger partial charge in [0.1, 0.15) is 19.3 Å². The number of amides is 1. The molecule has 0 heterocycles. The van der Waals surface area contributed by atoms with E-state index in [1.165, 1.54) is 238 Å². The van der Waals surface area contributed by atoms with Crippen LogP contribution in [0.5, 0.6) is 0 Å². The number of hydrogen-bond acceptors (Lipinski definition) is 6. The number of allylic oxidation sites excluding steroid dienone is 9. The van der Waals surface area contributed by atoms with Crippen LogP contribution in [0.3, 0.4) is 0 Å². The van der Waals surface area contributed by atoms with Crippen LogP contribution in [-0.4, -0.2) is 74.3 Å². The van der Waals surface area contributed by atoms with E-state index in [2.05, 4.69) is 74.7 Å². The molecule has 83 heavy (non-hydrogen) atoms. The monoisotopic (exact) mass is 1190 g/mol. The maximum Gasteiger partial charge on any atom is 0.472 e. The maximum atomic E-state index is 13.6. The average Bonchev–Trinajstić information content (AvgIpc) is 3.47. The van der Waals surface area contributed by atoms with Crippen LogP contribution >= 0.6 is 7.82 Å². The summed E-state index contributed by atoms with van der Waals surface area (Å²) in [6.07, 6.45) is 81.1. The van der Waals surface area contributed by atoms with Crippen LogP contribution in [0.2, 0.25) is 0 Å². The van der Waals surface area contributed by atoms with Gasteiger partial charge in [-0.25, -0.2) is 4.57 Å². The molecule has 0 rings (SSSR count). The Morgan fingerprint density at radius 3 is 1.14 bits per heavy atom. The molecule has 0 aliphatic carbocycles. The molecule has 0 aliphatic rings. The molecule has 9 nitrogen and oxygen atoms in total. The molecule has 0 spiro atoms. The second-order valence-corrected chi connectivity index (χ2v) is 26.9. The smallest absolute Gasteiger partial charge is 0.456 e. The molecule has 0 saturated heterocycles. The number of nitrogens with one attached hydrogen (secondary N) is 1. The highest BCUT2D eigenvalue weighted by Crippen LogP contribution is 2.43. The van der Waals surface area contributed by atoms with Crippen molar-refractivity contribution >= 4 is 19.7 Å². The molecule has 0 aromatic heterocycles. The van der Waals surface area contributed by atoms with E-state index in [4.69, 9.17) is 13.8 Å². The van der Waals surface area contributed by atoms with Crippen molar-refractivity contribution in [3.05, 3.63) is 60.8 Å². The number of carbonyl (C=O) groups excluding carboxylic acids is 2. The van der Waals surface area contributed by atoms with E-state index in [1.54, 1.807) is 0 Å². The van der Waals surface area contributed by atoms with Crippen molar-refractivity contribution in [2.75, 3.05) is 40.9 Å². The Labute approximate surface area is 515 Å². The highest BCUT2D eigenvalue weighted by molar-refractivity contribution is 7.47. The first-order valence-electron chi connectivity index (χ1n) is 35.6. The van der Waals surface area contributed by atoms with Gasteiger partial charge in [-0.2, -0.15) is 0 Å². The normalized spacial score (nSPS) is 13.9. The van der Waals surface area contributed by atoms with E-state index in [9.17, 15) is 19.0 Å². The van der Waals surface area contributed by atoms with Gasteiger partial charge in [-0.1, -0.05) is 319 Å². The van der Waals surface area contributed by atoms with Crippen molar-refractivity contribution in [3.8, 4) is 0 Å². The van der Waals surface area contributed by atoms with Gasteiger partial charge < -0.3 is 19.4 Å². The summed E-state index contributed by atoms with van der Waals surface area (Å²) in [5, 5.41) is 3.06. The summed E-state index contributed by atoms with van der Waals surface area (Å²) in [6.45, 7) is 7.00. The third-order valence-corrected chi connectivity index (χ3v) is 16.9. The van der Waals surface area contributed by atoms with Crippen molar-refractivity contribution < 1.29 is 37.3 Å². The van der Waals surface area contributed by atoms with Gasteiger partial charge in [0, 0.05) is 12.8 Å². The van der Waals surface area contributed by atoms with Gasteiger partial charge in [-0.3, -0.25) is 18.6 Å². The molecule has 10 heteroatoms. The lowest BCUT2D eigenvalue weighted by Crippen LogP contribution is -2.47. The molecule has 0 saturated carbocycles. The molecule has 0 fully saturated rings. The zero-order chi connectivity index (χ0) is 60.7. The largest absolute Gasteiger partial charge is 0.472 e. The molecule has 0 bridgehead atoms. The number of phosphoric acid groups is 1. The zero-order valence-electron chi connectivity index (χ0n) is 55.7. The van der Waals surface area contributed by atoms with Gasteiger partial charge in [-0.15, -0.1) is 0 Å². The molecule has 1 amide bonds. The van der Waals surface area contributed by atoms with E-state index in [-0.39, 0.29) is 31.5 Å². The average molecular weight is 1190 g/mol. The molecule has 3 unspecified atom stereocenters. The SMILES string of the molecule is CCCCC/C=C\C/C=C\C/C=C\C/C=C\CCCC(=O)OC(/C=C\CCCCCCCCCCCCC)C(COP(=O)(O)OCC[N+](C)(C)C)NC(=O)CCCCCCCCCCCCCCCCCCCCCCCCCCCCC. The van der Waals surface area contributed by atoms with E-state index >= 15 is 0 Å². The Bertz CT molecular complexity index is 1600.